The lowest BCUT2D eigenvalue weighted by molar-refractivity contribution is -0.143. The zero-order valence-corrected chi connectivity index (χ0v) is 16.9. The predicted octanol–water partition coefficient (Wildman–Crippen LogP) is 0.396. The number of hydrogen-bond donors (Lipinski definition) is 6. The van der Waals surface area contributed by atoms with Crippen molar-refractivity contribution in [3.05, 3.63) is 66.4 Å². The summed E-state index contributed by atoms with van der Waals surface area (Å²) in [5.74, 6) is -2.68. The summed E-state index contributed by atoms with van der Waals surface area (Å²) in [6, 6.07) is 15.1. The minimum atomic E-state index is -1.56. The van der Waals surface area contributed by atoms with E-state index in [2.05, 4.69) is 20.6 Å². The van der Waals surface area contributed by atoms with Crippen LogP contribution >= 0.6 is 0 Å². The van der Waals surface area contributed by atoms with Gasteiger partial charge in [-0.1, -0.05) is 60.7 Å². The molecule has 1 heterocycles. The molecule has 0 saturated heterocycles. The summed E-state index contributed by atoms with van der Waals surface area (Å²) in [6.45, 7) is -1.62. The van der Waals surface area contributed by atoms with Crippen LogP contribution in [0.2, 0.25) is 0 Å². The number of benzene rings is 2. The minimum absolute atomic E-state index is 0.0678. The molecule has 1 aromatic heterocycles. The summed E-state index contributed by atoms with van der Waals surface area (Å²) < 4.78 is 0. The van der Waals surface area contributed by atoms with Crippen molar-refractivity contribution in [3.63, 3.8) is 0 Å². The fourth-order valence-electron chi connectivity index (χ4n) is 2.96. The van der Waals surface area contributed by atoms with Gasteiger partial charge >= 0.3 is 5.97 Å². The summed E-state index contributed by atoms with van der Waals surface area (Å²) in [7, 11) is 0. The lowest BCUT2D eigenvalue weighted by Crippen LogP contribution is -2.54. The van der Waals surface area contributed by atoms with E-state index in [-0.39, 0.29) is 5.69 Å². The highest BCUT2D eigenvalue weighted by Crippen LogP contribution is 2.26. The van der Waals surface area contributed by atoms with Gasteiger partial charge in [0.15, 0.2) is 0 Å². The molecule has 2 amide bonds. The van der Waals surface area contributed by atoms with Crippen LogP contribution < -0.4 is 10.6 Å². The molecule has 32 heavy (non-hydrogen) atoms. The maximum absolute atomic E-state index is 13.0. The average molecular weight is 438 g/mol. The van der Waals surface area contributed by atoms with Crippen molar-refractivity contribution in [2.45, 2.75) is 12.1 Å². The summed E-state index contributed by atoms with van der Waals surface area (Å²) >= 11 is 0. The van der Waals surface area contributed by atoms with E-state index in [4.69, 9.17) is 10.2 Å². The molecule has 0 bridgehead atoms. The van der Waals surface area contributed by atoms with Crippen molar-refractivity contribution in [3.8, 4) is 22.6 Å². The Morgan fingerprint density at radius 1 is 0.844 bits per heavy atom. The molecule has 0 radical (unpaired) electrons. The highest BCUT2D eigenvalue weighted by atomic mass is 16.4. The molecule has 10 heteroatoms. The Labute approximate surface area is 182 Å². The second-order valence-electron chi connectivity index (χ2n) is 6.83. The number of aliphatic carboxylic acids is 1. The van der Waals surface area contributed by atoms with Crippen molar-refractivity contribution in [1.29, 1.82) is 0 Å². The lowest BCUT2D eigenvalue weighted by Gasteiger charge is -2.18. The van der Waals surface area contributed by atoms with Crippen LogP contribution in [-0.4, -0.2) is 68.4 Å². The molecule has 0 unspecified atom stereocenters. The molecule has 3 aromatic rings. The zero-order valence-electron chi connectivity index (χ0n) is 16.9. The zero-order chi connectivity index (χ0) is 23.1. The van der Waals surface area contributed by atoms with Gasteiger partial charge in [0.2, 0.25) is 5.91 Å². The Hall–Kier alpha value is -4.02. The number of aromatic amines is 1. The van der Waals surface area contributed by atoms with E-state index in [1.54, 1.807) is 24.3 Å². The number of carboxylic acids is 1. The molecule has 0 saturated carbocycles. The number of amides is 2. The third-order valence-electron chi connectivity index (χ3n) is 4.63. The summed E-state index contributed by atoms with van der Waals surface area (Å²) in [5, 5.41) is 32.1. The Bertz CT molecular complexity index is 1080. The first-order chi connectivity index (χ1) is 15.4. The topological polar surface area (TPSA) is 165 Å². The van der Waals surface area contributed by atoms with E-state index in [9.17, 15) is 19.5 Å². The first-order valence-corrected chi connectivity index (χ1v) is 9.71. The van der Waals surface area contributed by atoms with Gasteiger partial charge in [-0.3, -0.25) is 9.59 Å². The molecule has 0 spiro atoms. The summed E-state index contributed by atoms with van der Waals surface area (Å²) in [5.41, 5.74) is 1.82. The highest BCUT2D eigenvalue weighted by molar-refractivity contribution is 6.01. The average Bonchev–Trinajstić information content (AvgIpc) is 3.27. The molecular formula is C22H22N4O6. The molecule has 0 aliphatic rings. The third-order valence-corrected chi connectivity index (χ3v) is 4.63. The van der Waals surface area contributed by atoms with Crippen LogP contribution in [-0.2, 0) is 9.59 Å². The van der Waals surface area contributed by atoms with E-state index in [1.807, 2.05) is 36.4 Å². The fourth-order valence-corrected chi connectivity index (χ4v) is 2.96. The number of aromatic nitrogens is 2. The molecule has 166 valence electrons. The van der Waals surface area contributed by atoms with Crippen LogP contribution in [0.25, 0.3) is 22.6 Å². The molecule has 2 aromatic carbocycles. The molecule has 0 aliphatic heterocycles. The van der Waals surface area contributed by atoms with Gasteiger partial charge in [-0.05, 0) is 0 Å². The number of imidazole rings is 1. The Morgan fingerprint density at radius 2 is 1.41 bits per heavy atom. The Kier molecular flexibility index (Phi) is 7.32. The number of nitrogens with one attached hydrogen (secondary N) is 3. The number of hydrogen-bond acceptors (Lipinski definition) is 6. The van der Waals surface area contributed by atoms with Gasteiger partial charge < -0.3 is 30.9 Å². The van der Waals surface area contributed by atoms with Gasteiger partial charge in [0, 0.05) is 11.1 Å². The minimum Gasteiger partial charge on any atom is -0.480 e. The number of H-pyrrole nitrogens is 1. The summed E-state index contributed by atoms with van der Waals surface area (Å²) in [4.78, 5) is 43.8. The van der Waals surface area contributed by atoms with Crippen LogP contribution in [0.15, 0.2) is 60.7 Å². The van der Waals surface area contributed by atoms with Crippen molar-refractivity contribution in [2.24, 2.45) is 0 Å². The third kappa shape index (κ3) is 5.17. The van der Waals surface area contributed by atoms with E-state index >= 15 is 0 Å². The maximum atomic E-state index is 13.0. The van der Waals surface area contributed by atoms with Crippen molar-refractivity contribution in [2.75, 3.05) is 13.2 Å². The van der Waals surface area contributed by atoms with Crippen LogP contribution in [0.5, 0.6) is 0 Å². The van der Waals surface area contributed by atoms with Gasteiger partial charge in [-0.25, -0.2) is 9.78 Å². The van der Waals surface area contributed by atoms with Gasteiger partial charge in [0.25, 0.3) is 5.91 Å². The predicted molar refractivity (Wildman–Crippen MR) is 114 cm³/mol. The highest BCUT2D eigenvalue weighted by Gasteiger charge is 2.28. The normalized spacial score (nSPS) is 12.6. The van der Waals surface area contributed by atoms with Crippen molar-refractivity contribution >= 4 is 17.8 Å². The lowest BCUT2D eigenvalue weighted by atomic mass is 10.1. The second kappa shape index (κ2) is 10.3. The molecule has 2 atom stereocenters. The number of nitrogens with zero attached hydrogens (tertiary/aromatic N) is 1. The van der Waals surface area contributed by atoms with Gasteiger partial charge in [-0.15, -0.1) is 0 Å². The van der Waals surface area contributed by atoms with E-state index < -0.39 is 43.1 Å². The number of rotatable bonds is 9. The van der Waals surface area contributed by atoms with Crippen LogP contribution in [0, 0.1) is 0 Å². The maximum Gasteiger partial charge on any atom is 0.328 e. The Morgan fingerprint density at radius 3 is 1.94 bits per heavy atom. The van der Waals surface area contributed by atoms with Crippen LogP contribution in [0.4, 0.5) is 0 Å². The molecular weight excluding hydrogens is 416 g/mol. The second-order valence-corrected chi connectivity index (χ2v) is 6.83. The molecule has 10 nitrogen and oxygen atoms in total. The molecule has 0 fully saturated rings. The van der Waals surface area contributed by atoms with Crippen molar-refractivity contribution < 1.29 is 29.7 Å². The van der Waals surface area contributed by atoms with Crippen LogP contribution in [0.1, 0.15) is 10.5 Å². The largest absolute Gasteiger partial charge is 0.480 e. The first kappa shape index (κ1) is 22.7. The number of carbonyl (C=O) groups excluding carboxylic acids is 2. The van der Waals surface area contributed by atoms with E-state index in [0.717, 1.165) is 5.56 Å². The number of aliphatic hydroxyl groups excluding tert-OH is 2. The molecule has 6 N–H and O–H groups in total. The fraction of sp³-hybridized carbons (Fsp3) is 0.182. The monoisotopic (exact) mass is 438 g/mol. The van der Waals surface area contributed by atoms with Gasteiger partial charge in [0.05, 0.1) is 13.2 Å². The molecule has 0 aliphatic carbocycles. The Balaban J connectivity index is 1.90. The van der Waals surface area contributed by atoms with Crippen LogP contribution in [0.3, 0.4) is 0 Å². The number of aliphatic hydroxyl groups is 2. The number of carbonyl (C=O) groups is 3. The SMILES string of the molecule is O=C(N[C@@H](CO)C(=O)N[C@@H](CO)C(=O)O)c1[nH]c(-c2ccccc2)nc1-c1ccccc1. The number of carboxylic acid groups (broad SMARTS) is 1. The van der Waals surface area contributed by atoms with Gasteiger partial charge in [0.1, 0.15) is 29.3 Å². The quantitative estimate of drug-likeness (QED) is 0.281. The standard InChI is InChI=1S/C22H22N4O6/c27-11-15(20(29)24-16(12-28)22(31)32)23-21(30)18-17(13-7-3-1-4-8-13)25-19(26-18)14-9-5-2-6-10-14/h1-10,15-16,27-28H,11-12H2,(H,23,30)(H,24,29)(H,25,26)(H,31,32)/t15-,16-/m0/s1. The van der Waals surface area contributed by atoms with Gasteiger partial charge in [-0.2, -0.15) is 0 Å². The smallest absolute Gasteiger partial charge is 0.328 e. The van der Waals surface area contributed by atoms with E-state index in [1.165, 1.54) is 0 Å². The summed E-state index contributed by atoms with van der Waals surface area (Å²) in [6.07, 6.45) is 0. The van der Waals surface area contributed by atoms with Crippen molar-refractivity contribution in [1.82, 2.24) is 20.6 Å². The van der Waals surface area contributed by atoms with E-state index in [0.29, 0.717) is 17.1 Å². The molecule has 3 rings (SSSR count). The first-order valence-electron chi connectivity index (χ1n) is 9.71.